The average molecular weight is 309 g/mol. The van der Waals surface area contributed by atoms with Crippen molar-refractivity contribution in [2.45, 2.75) is 38.8 Å². The van der Waals surface area contributed by atoms with Gasteiger partial charge in [0.15, 0.2) is 17.2 Å². The van der Waals surface area contributed by atoms with Crippen LogP contribution in [0.4, 0.5) is 11.5 Å². The largest absolute Gasteiger partial charge is 0.485 e. The molecule has 0 saturated heterocycles. The van der Waals surface area contributed by atoms with Gasteiger partial charge in [0.05, 0.1) is 0 Å². The topological polar surface area (TPSA) is 37.4 Å². The molecule has 4 heteroatoms. The van der Waals surface area contributed by atoms with Crippen LogP contribution in [0.1, 0.15) is 30.5 Å². The Morgan fingerprint density at radius 2 is 1.96 bits per heavy atom. The number of nitrogens with zero attached hydrogens (tertiary/aromatic N) is 2. The molecule has 120 valence electrons. The number of aryl methyl sites for hydroxylation is 2. The van der Waals surface area contributed by atoms with Gasteiger partial charge < -0.3 is 15.0 Å². The van der Waals surface area contributed by atoms with Crippen molar-refractivity contribution < 1.29 is 4.74 Å². The minimum atomic E-state index is -0.336. The highest BCUT2D eigenvalue weighted by Gasteiger charge is 2.58. The first-order valence-corrected chi connectivity index (χ1v) is 8.08. The maximum Gasteiger partial charge on any atom is 0.170 e. The monoisotopic (exact) mass is 309 g/mol. The lowest BCUT2D eigenvalue weighted by Crippen LogP contribution is -2.65. The number of fused-ring (bicyclic) bond motifs is 2. The number of anilines is 2. The van der Waals surface area contributed by atoms with Crippen LogP contribution in [0.3, 0.4) is 0 Å². The first-order valence-electron chi connectivity index (χ1n) is 8.08. The number of ether oxygens (including phenoxy) is 1. The van der Waals surface area contributed by atoms with Gasteiger partial charge in [0.1, 0.15) is 6.61 Å². The van der Waals surface area contributed by atoms with Crippen LogP contribution in [0.25, 0.3) is 0 Å². The molecule has 0 saturated carbocycles. The van der Waals surface area contributed by atoms with E-state index in [4.69, 9.17) is 4.74 Å². The van der Waals surface area contributed by atoms with E-state index in [1.165, 1.54) is 22.4 Å². The third-order valence-corrected chi connectivity index (χ3v) is 5.79. The maximum absolute atomic E-state index is 6.09. The molecule has 1 unspecified atom stereocenters. The van der Waals surface area contributed by atoms with Gasteiger partial charge in [0.2, 0.25) is 0 Å². The number of aromatic nitrogens is 1. The molecule has 4 nitrogen and oxygen atoms in total. The van der Waals surface area contributed by atoms with Crippen molar-refractivity contribution in [2.24, 2.45) is 0 Å². The quantitative estimate of drug-likeness (QED) is 0.806. The molecule has 1 N–H and O–H groups in total. The molecule has 23 heavy (non-hydrogen) atoms. The fourth-order valence-corrected chi connectivity index (χ4v) is 3.96. The molecule has 2 aliphatic rings. The molecule has 2 aromatic rings. The number of hydrogen-bond donors (Lipinski definition) is 1. The maximum atomic E-state index is 6.09. The summed E-state index contributed by atoms with van der Waals surface area (Å²) in [5.74, 6) is 1.64. The third kappa shape index (κ3) is 1.69. The van der Waals surface area contributed by atoms with Crippen LogP contribution in [0.2, 0.25) is 0 Å². The Bertz CT molecular complexity index is 799. The zero-order valence-corrected chi connectivity index (χ0v) is 14.4. The van der Waals surface area contributed by atoms with E-state index in [1.54, 1.807) is 6.20 Å². The zero-order chi connectivity index (χ0) is 16.4. The fourth-order valence-electron chi connectivity index (χ4n) is 3.96. The van der Waals surface area contributed by atoms with Gasteiger partial charge in [-0.2, -0.15) is 0 Å². The lowest BCUT2D eigenvalue weighted by molar-refractivity contribution is 0.163. The Morgan fingerprint density at radius 1 is 1.22 bits per heavy atom. The van der Waals surface area contributed by atoms with Crippen LogP contribution in [0, 0.1) is 13.8 Å². The van der Waals surface area contributed by atoms with Gasteiger partial charge in [-0.3, -0.25) is 0 Å². The smallest absolute Gasteiger partial charge is 0.170 e. The van der Waals surface area contributed by atoms with Crippen LogP contribution < -0.4 is 15.0 Å². The molecule has 2 aliphatic heterocycles. The molecule has 0 aliphatic carbocycles. The highest BCUT2D eigenvalue weighted by atomic mass is 16.5. The first kappa shape index (κ1) is 14.4. The molecule has 1 aromatic heterocycles. The van der Waals surface area contributed by atoms with Gasteiger partial charge in [0.25, 0.3) is 0 Å². The summed E-state index contributed by atoms with van der Waals surface area (Å²) in [6.07, 6.45) is 1.80. The molecule has 1 atom stereocenters. The molecule has 0 amide bonds. The summed E-state index contributed by atoms with van der Waals surface area (Å²) in [6, 6.07) is 8.48. The fraction of sp³-hybridized carbons (Fsp3) is 0.421. The molecule has 0 fully saturated rings. The highest BCUT2D eigenvalue weighted by molar-refractivity contribution is 5.72. The first-order chi connectivity index (χ1) is 10.9. The number of hydrogen-bond acceptors (Lipinski definition) is 4. The Balaban J connectivity index is 1.88. The summed E-state index contributed by atoms with van der Waals surface area (Å²) in [7, 11) is 2.15. The van der Waals surface area contributed by atoms with Crippen molar-refractivity contribution in [1.29, 1.82) is 0 Å². The summed E-state index contributed by atoms with van der Waals surface area (Å²) in [5, 5.41) is 3.69. The summed E-state index contributed by atoms with van der Waals surface area (Å²) < 4.78 is 6.09. The average Bonchev–Trinajstić information content (AvgIpc) is 2.68. The molecule has 0 radical (unpaired) electrons. The van der Waals surface area contributed by atoms with E-state index >= 15 is 0 Å². The van der Waals surface area contributed by atoms with Crippen molar-refractivity contribution in [1.82, 2.24) is 4.98 Å². The standard InChI is InChI=1S/C19H23N3O/c1-12-9-14-15(10-13(12)2)22(5)19(18(14,3)4)11-23-16-7-6-8-20-17(16)21-19/h6-10H,11H2,1-5H3,(H,20,21). The molecule has 1 aromatic carbocycles. The van der Waals surface area contributed by atoms with E-state index in [1.807, 2.05) is 12.1 Å². The highest BCUT2D eigenvalue weighted by Crippen LogP contribution is 2.53. The van der Waals surface area contributed by atoms with Gasteiger partial charge in [-0.25, -0.2) is 4.98 Å². The number of likely N-dealkylation sites (N-methyl/N-ethyl adjacent to an activating group) is 1. The molecule has 3 heterocycles. The summed E-state index contributed by atoms with van der Waals surface area (Å²) in [5.41, 5.74) is 4.84. The Kier molecular flexibility index (Phi) is 2.75. The van der Waals surface area contributed by atoms with Crippen molar-refractivity contribution in [3.8, 4) is 5.75 Å². The lowest BCUT2D eigenvalue weighted by atomic mass is 9.75. The second-order valence-electron chi connectivity index (χ2n) is 7.26. The van der Waals surface area contributed by atoms with E-state index in [9.17, 15) is 0 Å². The molecular weight excluding hydrogens is 286 g/mol. The number of rotatable bonds is 0. The molecular formula is C19H23N3O. The molecule has 4 rings (SSSR count). The molecule has 0 bridgehead atoms. The van der Waals surface area contributed by atoms with E-state index < -0.39 is 0 Å². The van der Waals surface area contributed by atoms with Crippen LogP contribution in [-0.2, 0) is 5.41 Å². The van der Waals surface area contributed by atoms with Crippen LogP contribution in [0.15, 0.2) is 30.5 Å². The van der Waals surface area contributed by atoms with Crippen LogP contribution >= 0.6 is 0 Å². The van der Waals surface area contributed by atoms with E-state index in [0.717, 1.165) is 11.6 Å². The van der Waals surface area contributed by atoms with Crippen molar-refractivity contribution in [3.63, 3.8) is 0 Å². The van der Waals surface area contributed by atoms with Gasteiger partial charge >= 0.3 is 0 Å². The van der Waals surface area contributed by atoms with Gasteiger partial charge in [0, 0.05) is 24.3 Å². The van der Waals surface area contributed by atoms with E-state index in [0.29, 0.717) is 6.61 Å². The number of pyridine rings is 1. The van der Waals surface area contributed by atoms with Gasteiger partial charge in [-0.1, -0.05) is 19.9 Å². The predicted octanol–water partition coefficient (Wildman–Crippen LogP) is 3.63. The van der Waals surface area contributed by atoms with Crippen LogP contribution in [0.5, 0.6) is 5.75 Å². The summed E-state index contributed by atoms with van der Waals surface area (Å²) in [4.78, 5) is 6.80. The Morgan fingerprint density at radius 3 is 2.74 bits per heavy atom. The normalized spacial score (nSPS) is 24.0. The second-order valence-corrected chi connectivity index (χ2v) is 7.26. The van der Waals surface area contributed by atoms with Gasteiger partial charge in [-0.05, 0) is 48.7 Å². The van der Waals surface area contributed by atoms with Gasteiger partial charge in [-0.15, -0.1) is 0 Å². The van der Waals surface area contributed by atoms with E-state index in [-0.39, 0.29) is 11.1 Å². The van der Waals surface area contributed by atoms with Crippen LogP contribution in [-0.4, -0.2) is 24.3 Å². The van der Waals surface area contributed by atoms with Crippen molar-refractivity contribution >= 4 is 11.5 Å². The second kappa shape index (κ2) is 4.40. The zero-order valence-electron chi connectivity index (χ0n) is 14.4. The number of nitrogens with one attached hydrogen (secondary N) is 1. The predicted molar refractivity (Wildman–Crippen MR) is 93.4 cm³/mol. The Hall–Kier alpha value is -2.23. The minimum absolute atomic E-state index is 0.106. The van der Waals surface area contributed by atoms with Crippen molar-refractivity contribution in [2.75, 3.05) is 23.9 Å². The van der Waals surface area contributed by atoms with E-state index in [2.05, 4.69) is 62.1 Å². The van der Waals surface area contributed by atoms with Crippen molar-refractivity contribution in [3.05, 3.63) is 47.2 Å². The summed E-state index contributed by atoms with van der Waals surface area (Å²) >= 11 is 0. The minimum Gasteiger partial charge on any atom is -0.485 e. The third-order valence-electron chi connectivity index (χ3n) is 5.79. The molecule has 1 spiro atoms. The lowest BCUT2D eigenvalue weighted by Gasteiger charge is -2.49. The summed E-state index contributed by atoms with van der Waals surface area (Å²) in [6.45, 7) is 9.51. The number of benzene rings is 1. The SMILES string of the molecule is Cc1cc2c(cc1C)C(C)(C)C1(COc3cccnc3N1)N2C. The Labute approximate surface area is 137 Å².